The summed E-state index contributed by atoms with van der Waals surface area (Å²) < 4.78 is 0. The van der Waals surface area contributed by atoms with E-state index >= 15 is 0 Å². The van der Waals surface area contributed by atoms with Gasteiger partial charge < -0.3 is 4.90 Å². The summed E-state index contributed by atoms with van der Waals surface area (Å²) in [6, 6.07) is 16.5. The van der Waals surface area contributed by atoms with Crippen molar-refractivity contribution >= 4 is 34.7 Å². The molecule has 1 saturated heterocycles. The van der Waals surface area contributed by atoms with Crippen molar-refractivity contribution in [1.82, 2.24) is 4.90 Å². The third-order valence-corrected chi connectivity index (χ3v) is 7.08. The number of amides is 2. The first-order chi connectivity index (χ1) is 14.7. The van der Waals surface area contributed by atoms with E-state index in [1.807, 2.05) is 36.4 Å². The van der Waals surface area contributed by atoms with E-state index in [2.05, 4.69) is 57.7 Å². The predicted molar refractivity (Wildman–Crippen MR) is 129 cm³/mol. The number of benzene rings is 2. The molecule has 1 fully saturated rings. The Morgan fingerprint density at radius 3 is 2.52 bits per heavy atom. The van der Waals surface area contributed by atoms with Gasteiger partial charge in [0.1, 0.15) is 0 Å². The second-order valence-corrected chi connectivity index (χ2v) is 10.4. The molecule has 0 radical (unpaired) electrons. The lowest BCUT2D eigenvalue weighted by molar-refractivity contribution is -0.123. The summed E-state index contributed by atoms with van der Waals surface area (Å²) >= 11 is 1.03. The Hall–Kier alpha value is -2.53. The van der Waals surface area contributed by atoms with Crippen LogP contribution < -0.4 is 4.90 Å². The molecule has 1 atom stereocenters. The third-order valence-electron chi connectivity index (χ3n) is 6.17. The van der Waals surface area contributed by atoms with Crippen molar-refractivity contribution in [2.24, 2.45) is 0 Å². The smallest absolute Gasteiger partial charge is 0.293 e. The molecule has 2 aliphatic rings. The predicted octanol–water partition coefficient (Wildman–Crippen LogP) is 6.42. The van der Waals surface area contributed by atoms with Crippen molar-refractivity contribution in [3.8, 4) is 0 Å². The maximum Gasteiger partial charge on any atom is 0.293 e. The van der Waals surface area contributed by atoms with Gasteiger partial charge >= 0.3 is 0 Å². The van der Waals surface area contributed by atoms with Crippen LogP contribution in [0.2, 0.25) is 0 Å². The number of hydrogen-bond donors (Lipinski definition) is 0. The van der Waals surface area contributed by atoms with Gasteiger partial charge in [0.25, 0.3) is 11.1 Å². The van der Waals surface area contributed by atoms with E-state index in [0.29, 0.717) is 23.4 Å². The summed E-state index contributed by atoms with van der Waals surface area (Å²) in [6.45, 7) is 11.7. The maximum atomic E-state index is 12.9. The first-order valence-electron chi connectivity index (χ1n) is 10.9. The van der Waals surface area contributed by atoms with Gasteiger partial charge in [-0.15, -0.1) is 0 Å². The zero-order valence-corrected chi connectivity index (χ0v) is 19.7. The highest BCUT2D eigenvalue weighted by molar-refractivity contribution is 8.18. The van der Waals surface area contributed by atoms with E-state index in [-0.39, 0.29) is 16.7 Å². The lowest BCUT2D eigenvalue weighted by Gasteiger charge is -2.50. The van der Waals surface area contributed by atoms with Crippen LogP contribution in [-0.2, 0) is 11.3 Å². The topological polar surface area (TPSA) is 40.6 Å². The summed E-state index contributed by atoms with van der Waals surface area (Å²) in [6.07, 6.45) is 2.94. The Labute approximate surface area is 189 Å². The van der Waals surface area contributed by atoms with Gasteiger partial charge in [0.05, 0.1) is 11.4 Å². The zero-order chi connectivity index (χ0) is 22.3. The van der Waals surface area contributed by atoms with E-state index in [4.69, 9.17) is 0 Å². The lowest BCUT2D eigenvalue weighted by atomic mass is 9.79. The Bertz CT molecular complexity index is 1040. The van der Waals surface area contributed by atoms with Gasteiger partial charge in [-0.05, 0) is 86.7 Å². The lowest BCUT2D eigenvalue weighted by Crippen LogP contribution is -2.51. The van der Waals surface area contributed by atoms with Crippen molar-refractivity contribution in [3.05, 3.63) is 70.1 Å². The average molecular weight is 435 g/mol. The molecular formula is C26H30N2O2S. The van der Waals surface area contributed by atoms with Gasteiger partial charge in [-0.2, -0.15) is 0 Å². The standard InChI is InChI=1S/C26H30N2O2S/c1-17(2)28-22-12-11-20(13-21(22)18(3)15-26(28,4)5)14-23-24(29)27(25(30)31-23)16-19-9-7-6-8-10-19/h6-14,17-18H,15-16H2,1-5H3/b23-14-. The number of fused-ring (bicyclic) bond motifs is 1. The van der Waals surface area contributed by atoms with Crippen molar-refractivity contribution in [3.63, 3.8) is 0 Å². The maximum absolute atomic E-state index is 12.9. The fraction of sp³-hybridized carbons (Fsp3) is 0.385. The quantitative estimate of drug-likeness (QED) is 0.520. The molecular weight excluding hydrogens is 404 g/mol. The molecule has 162 valence electrons. The van der Waals surface area contributed by atoms with E-state index in [1.54, 1.807) is 0 Å². The van der Waals surface area contributed by atoms with Crippen molar-refractivity contribution in [1.29, 1.82) is 0 Å². The number of carbonyl (C=O) groups is 2. The molecule has 2 aliphatic heterocycles. The van der Waals surface area contributed by atoms with Gasteiger partial charge in [-0.1, -0.05) is 43.3 Å². The Kier molecular flexibility index (Phi) is 5.73. The Balaban J connectivity index is 1.62. The number of imide groups is 1. The van der Waals surface area contributed by atoms with E-state index < -0.39 is 0 Å². The first kappa shape index (κ1) is 21.7. The fourth-order valence-electron chi connectivity index (χ4n) is 5.09. The number of thioether (sulfide) groups is 1. The van der Waals surface area contributed by atoms with Crippen molar-refractivity contribution in [2.45, 2.75) is 65.1 Å². The van der Waals surface area contributed by atoms with Crippen LogP contribution in [0.4, 0.5) is 10.5 Å². The van der Waals surface area contributed by atoms with Gasteiger partial charge in [0.2, 0.25) is 0 Å². The molecule has 0 aromatic heterocycles. The molecule has 4 rings (SSSR count). The SMILES string of the molecule is CC1CC(C)(C)N(C(C)C)c2ccc(/C=C3\SC(=O)N(Cc4ccccc4)C3=O)cc21. The van der Waals surface area contributed by atoms with Gasteiger partial charge in [0.15, 0.2) is 0 Å². The second kappa shape index (κ2) is 8.19. The van der Waals surface area contributed by atoms with Crippen LogP contribution >= 0.6 is 11.8 Å². The van der Waals surface area contributed by atoms with E-state index in [9.17, 15) is 9.59 Å². The molecule has 5 heteroatoms. The highest BCUT2D eigenvalue weighted by Crippen LogP contribution is 2.45. The highest BCUT2D eigenvalue weighted by Gasteiger charge is 2.38. The molecule has 2 aromatic carbocycles. The number of carbonyl (C=O) groups excluding carboxylic acids is 2. The van der Waals surface area contributed by atoms with Gasteiger partial charge in [-0.25, -0.2) is 0 Å². The molecule has 1 unspecified atom stereocenters. The summed E-state index contributed by atoms with van der Waals surface area (Å²) in [5.74, 6) is 0.219. The number of anilines is 1. The van der Waals surface area contributed by atoms with E-state index in [1.165, 1.54) is 16.2 Å². The van der Waals surface area contributed by atoms with Crippen LogP contribution in [0, 0.1) is 0 Å². The monoisotopic (exact) mass is 434 g/mol. The molecule has 0 saturated carbocycles. The molecule has 0 bridgehead atoms. The summed E-state index contributed by atoms with van der Waals surface area (Å²) in [5.41, 5.74) is 4.60. The van der Waals surface area contributed by atoms with Crippen LogP contribution in [0.15, 0.2) is 53.4 Å². The molecule has 0 spiro atoms. The van der Waals surface area contributed by atoms with Gasteiger partial charge in [0, 0.05) is 17.3 Å². The Morgan fingerprint density at radius 2 is 1.84 bits per heavy atom. The van der Waals surface area contributed by atoms with Gasteiger partial charge in [-0.3, -0.25) is 14.5 Å². The number of hydrogen-bond acceptors (Lipinski definition) is 4. The summed E-state index contributed by atoms with van der Waals surface area (Å²) in [7, 11) is 0. The van der Waals surface area contributed by atoms with Crippen molar-refractivity contribution < 1.29 is 9.59 Å². The molecule has 0 aliphatic carbocycles. The first-order valence-corrected chi connectivity index (χ1v) is 11.7. The minimum Gasteiger partial charge on any atom is -0.364 e. The number of rotatable bonds is 4. The molecule has 2 amide bonds. The van der Waals surface area contributed by atoms with E-state index in [0.717, 1.165) is 29.3 Å². The van der Waals surface area contributed by atoms with Crippen LogP contribution in [0.25, 0.3) is 6.08 Å². The highest BCUT2D eigenvalue weighted by atomic mass is 32.2. The molecule has 2 heterocycles. The molecule has 0 N–H and O–H groups in total. The summed E-state index contributed by atoms with van der Waals surface area (Å²) in [4.78, 5) is 29.7. The minimum absolute atomic E-state index is 0.0994. The normalized spacial score (nSPS) is 21.9. The number of nitrogens with zero attached hydrogens (tertiary/aromatic N) is 2. The van der Waals surface area contributed by atoms with Crippen molar-refractivity contribution in [2.75, 3.05) is 4.90 Å². The zero-order valence-electron chi connectivity index (χ0n) is 18.9. The molecule has 4 nitrogen and oxygen atoms in total. The van der Waals surface area contributed by atoms with Crippen LogP contribution in [0.5, 0.6) is 0 Å². The minimum atomic E-state index is -0.213. The molecule has 2 aromatic rings. The largest absolute Gasteiger partial charge is 0.364 e. The fourth-order valence-corrected chi connectivity index (χ4v) is 5.93. The van der Waals surface area contributed by atoms with Crippen LogP contribution in [0.1, 0.15) is 63.6 Å². The molecule has 31 heavy (non-hydrogen) atoms. The Morgan fingerprint density at radius 1 is 1.13 bits per heavy atom. The van der Waals surface area contributed by atoms with Crippen LogP contribution in [-0.4, -0.2) is 27.6 Å². The second-order valence-electron chi connectivity index (χ2n) is 9.45. The average Bonchev–Trinajstić information content (AvgIpc) is 2.95. The van der Waals surface area contributed by atoms with Crippen LogP contribution in [0.3, 0.4) is 0 Å². The third kappa shape index (κ3) is 4.16. The summed E-state index contributed by atoms with van der Waals surface area (Å²) in [5, 5.41) is -0.209.